The Morgan fingerprint density at radius 1 is 1.36 bits per heavy atom. The van der Waals surface area contributed by atoms with Crippen LogP contribution in [0.4, 0.5) is 0 Å². The van der Waals surface area contributed by atoms with Gasteiger partial charge in [-0.3, -0.25) is 0 Å². The molecule has 0 spiro atoms. The second-order valence-electron chi connectivity index (χ2n) is 2.33. The zero-order chi connectivity index (χ0) is 8.10. The van der Waals surface area contributed by atoms with Crippen molar-refractivity contribution in [2.75, 3.05) is 0 Å². The van der Waals surface area contributed by atoms with Gasteiger partial charge in [-0.05, 0) is 6.42 Å². The Balaban J connectivity index is 2.44. The minimum absolute atomic E-state index is 0.305. The van der Waals surface area contributed by atoms with Crippen LogP contribution < -0.4 is 0 Å². The minimum Gasteiger partial charge on any atom is -0.424 e. The molecule has 0 N–H and O–H groups in total. The molecule has 11 heavy (non-hydrogen) atoms. The van der Waals surface area contributed by atoms with Crippen LogP contribution in [-0.2, 0) is 12.3 Å². The molecule has 0 atom stereocenters. The van der Waals surface area contributed by atoms with E-state index in [0.29, 0.717) is 17.7 Å². The van der Waals surface area contributed by atoms with Gasteiger partial charge in [0.2, 0.25) is 11.8 Å². The summed E-state index contributed by atoms with van der Waals surface area (Å²) in [4.78, 5) is 0. The van der Waals surface area contributed by atoms with Crippen LogP contribution in [0, 0.1) is 0 Å². The monoisotopic (exact) mass is 174 g/mol. The van der Waals surface area contributed by atoms with Crippen molar-refractivity contribution in [3.63, 3.8) is 0 Å². The lowest BCUT2D eigenvalue weighted by molar-refractivity contribution is 0.457. The summed E-state index contributed by atoms with van der Waals surface area (Å²) in [7, 11) is 0. The Morgan fingerprint density at radius 3 is 2.64 bits per heavy atom. The van der Waals surface area contributed by atoms with E-state index in [2.05, 4.69) is 17.1 Å². The highest BCUT2D eigenvalue weighted by Gasteiger charge is 2.02. The van der Waals surface area contributed by atoms with E-state index in [1.165, 1.54) is 0 Å². The number of hydrogen-bond donors (Lipinski definition) is 0. The van der Waals surface area contributed by atoms with Crippen LogP contribution in [0.1, 0.15) is 31.5 Å². The minimum atomic E-state index is 0.305. The largest absolute Gasteiger partial charge is 0.424 e. The van der Waals surface area contributed by atoms with E-state index in [1.807, 2.05) is 0 Å². The average Bonchev–Trinajstić information content (AvgIpc) is 2.48. The topological polar surface area (TPSA) is 38.9 Å². The van der Waals surface area contributed by atoms with Gasteiger partial charge in [-0.1, -0.05) is 13.3 Å². The van der Waals surface area contributed by atoms with E-state index in [0.717, 1.165) is 19.3 Å². The van der Waals surface area contributed by atoms with Gasteiger partial charge in [-0.25, -0.2) is 0 Å². The molecule has 0 aliphatic carbocycles. The van der Waals surface area contributed by atoms with Gasteiger partial charge in [0.1, 0.15) is 5.88 Å². The second kappa shape index (κ2) is 4.34. The fourth-order valence-electron chi connectivity index (χ4n) is 0.771. The molecule has 0 aliphatic heterocycles. The lowest BCUT2D eigenvalue weighted by Gasteiger charge is -1.88. The van der Waals surface area contributed by atoms with Gasteiger partial charge in [0.25, 0.3) is 0 Å². The van der Waals surface area contributed by atoms with Gasteiger partial charge in [0.05, 0.1) is 0 Å². The third-order valence-electron chi connectivity index (χ3n) is 1.37. The molecule has 0 amide bonds. The number of aromatic nitrogens is 2. The summed E-state index contributed by atoms with van der Waals surface area (Å²) in [6.45, 7) is 2.12. The summed E-state index contributed by atoms with van der Waals surface area (Å²) in [5.41, 5.74) is 0. The summed E-state index contributed by atoms with van der Waals surface area (Å²) in [6.07, 6.45) is 3.09. The van der Waals surface area contributed by atoms with Gasteiger partial charge in [-0.2, -0.15) is 0 Å². The Kier molecular flexibility index (Phi) is 3.36. The van der Waals surface area contributed by atoms with Crippen molar-refractivity contribution >= 4 is 11.6 Å². The van der Waals surface area contributed by atoms with E-state index in [-0.39, 0.29) is 0 Å². The molecule has 1 aromatic heterocycles. The second-order valence-corrected chi connectivity index (χ2v) is 2.59. The molecule has 4 heteroatoms. The predicted molar refractivity (Wildman–Crippen MR) is 42.5 cm³/mol. The van der Waals surface area contributed by atoms with Crippen molar-refractivity contribution in [3.05, 3.63) is 11.8 Å². The van der Waals surface area contributed by atoms with Gasteiger partial charge in [0.15, 0.2) is 0 Å². The highest BCUT2D eigenvalue weighted by Crippen LogP contribution is 2.05. The van der Waals surface area contributed by atoms with Crippen LogP contribution in [-0.4, -0.2) is 10.2 Å². The van der Waals surface area contributed by atoms with Crippen molar-refractivity contribution in [1.82, 2.24) is 10.2 Å². The highest BCUT2D eigenvalue weighted by molar-refractivity contribution is 6.16. The number of alkyl halides is 1. The summed E-state index contributed by atoms with van der Waals surface area (Å²) in [5, 5.41) is 7.56. The molecule has 0 aromatic carbocycles. The number of aryl methyl sites for hydroxylation is 1. The number of unbranched alkanes of at least 4 members (excludes halogenated alkanes) is 1. The molecule has 0 radical (unpaired) electrons. The molecule has 1 heterocycles. The van der Waals surface area contributed by atoms with E-state index < -0.39 is 0 Å². The smallest absolute Gasteiger partial charge is 0.231 e. The van der Waals surface area contributed by atoms with Gasteiger partial charge >= 0.3 is 0 Å². The summed E-state index contributed by atoms with van der Waals surface area (Å²) < 4.78 is 5.18. The zero-order valence-electron chi connectivity index (χ0n) is 6.51. The molecule has 0 bridgehead atoms. The SMILES string of the molecule is CCCCc1nnc(CCl)o1. The number of nitrogens with zero attached hydrogens (tertiary/aromatic N) is 2. The van der Waals surface area contributed by atoms with Crippen molar-refractivity contribution in [3.8, 4) is 0 Å². The molecule has 0 unspecified atom stereocenters. The van der Waals surface area contributed by atoms with Gasteiger partial charge < -0.3 is 4.42 Å². The Hall–Kier alpha value is -0.570. The molecule has 1 rings (SSSR count). The fraction of sp³-hybridized carbons (Fsp3) is 0.714. The molecule has 62 valence electrons. The first-order chi connectivity index (χ1) is 5.36. The maximum absolute atomic E-state index is 5.48. The summed E-state index contributed by atoms with van der Waals surface area (Å²) in [6, 6.07) is 0. The van der Waals surface area contributed by atoms with Crippen LogP contribution >= 0.6 is 11.6 Å². The van der Waals surface area contributed by atoms with Crippen molar-refractivity contribution in [2.24, 2.45) is 0 Å². The first-order valence-corrected chi connectivity index (χ1v) is 4.27. The third kappa shape index (κ3) is 2.50. The molecule has 0 saturated carbocycles. The standard InChI is InChI=1S/C7H11ClN2O/c1-2-3-4-6-9-10-7(5-8)11-6/h2-5H2,1H3. The predicted octanol–water partition coefficient (Wildman–Crippen LogP) is 2.15. The maximum atomic E-state index is 5.48. The van der Waals surface area contributed by atoms with Gasteiger partial charge in [-0.15, -0.1) is 21.8 Å². The molecule has 0 saturated heterocycles. The normalized spacial score (nSPS) is 10.4. The first-order valence-electron chi connectivity index (χ1n) is 3.74. The lowest BCUT2D eigenvalue weighted by atomic mass is 10.2. The lowest BCUT2D eigenvalue weighted by Crippen LogP contribution is -1.83. The highest BCUT2D eigenvalue weighted by atomic mass is 35.5. The summed E-state index contributed by atoms with van der Waals surface area (Å²) in [5.74, 6) is 1.51. The average molecular weight is 175 g/mol. The molecule has 0 fully saturated rings. The summed E-state index contributed by atoms with van der Waals surface area (Å²) >= 11 is 5.48. The van der Waals surface area contributed by atoms with E-state index in [1.54, 1.807) is 0 Å². The number of halogens is 1. The molecule has 0 aliphatic rings. The Labute approximate surface area is 70.8 Å². The molecule has 1 aromatic rings. The Morgan fingerprint density at radius 2 is 2.09 bits per heavy atom. The maximum Gasteiger partial charge on any atom is 0.231 e. The molecule has 3 nitrogen and oxygen atoms in total. The van der Waals surface area contributed by atoms with Crippen molar-refractivity contribution in [2.45, 2.75) is 32.1 Å². The van der Waals surface area contributed by atoms with Crippen LogP contribution in [0.25, 0.3) is 0 Å². The number of rotatable bonds is 4. The first kappa shape index (κ1) is 8.53. The van der Waals surface area contributed by atoms with E-state index >= 15 is 0 Å². The molecular formula is C7H11ClN2O. The van der Waals surface area contributed by atoms with Crippen molar-refractivity contribution < 1.29 is 4.42 Å². The quantitative estimate of drug-likeness (QED) is 0.657. The van der Waals surface area contributed by atoms with Crippen LogP contribution in [0.15, 0.2) is 4.42 Å². The fourth-order valence-corrected chi connectivity index (χ4v) is 0.879. The molecular weight excluding hydrogens is 164 g/mol. The zero-order valence-corrected chi connectivity index (χ0v) is 7.26. The van der Waals surface area contributed by atoms with Crippen LogP contribution in [0.3, 0.4) is 0 Å². The van der Waals surface area contributed by atoms with E-state index in [9.17, 15) is 0 Å². The van der Waals surface area contributed by atoms with Crippen LogP contribution in [0.2, 0.25) is 0 Å². The third-order valence-corrected chi connectivity index (χ3v) is 1.60. The van der Waals surface area contributed by atoms with Crippen molar-refractivity contribution in [1.29, 1.82) is 0 Å². The van der Waals surface area contributed by atoms with Crippen LogP contribution in [0.5, 0.6) is 0 Å². The van der Waals surface area contributed by atoms with E-state index in [4.69, 9.17) is 16.0 Å². The van der Waals surface area contributed by atoms with Gasteiger partial charge in [0, 0.05) is 6.42 Å². The number of hydrogen-bond acceptors (Lipinski definition) is 3. The Bertz CT molecular complexity index is 212.